The van der Waals surface area contributed by atoms with Crippen LogP contribution in [0.15, 0.2) is 36.0 Å². The van der Waals surface area contributed by atoms with Crippen LogP contribution in [0, 0.1) is 6.92 Å². The normalized spacial score (nSPS) is 13.7. The van der Waals surface area contributed by atoms with E-state index in [1.54, 1.807) is 19.1 Å². The molecule has 1 aliphatic rings. The lowest BCUT2D eigenvalue weighted by atomic mass is 10.1. The number of nitrogens with zero attached hydrogens (tertiary/aromatic N) is 3. The maximum absolute atomic E-state index is 13.0. The number of halogens is 1. The number of esters is 1. The molecular weight excluding hydrogens is 556 g/mol. The molecule has 0 saturated carbocycles. The minimum absolute atomic E-state index is 0.103. The Labute approximate surface area is 242 Å². The van der Waals surface area contributed by atoms with Gasteiger partial charge in [-0.3, -0.25) is 9.36 Å². The van der Waals surface area contributed by atoms with Gasteiger partial charge in [0.2, 0.25) is 5.91 Å². The molecule has 0 fully saturated rings. The van der Waals surface area contributed by atoms with E-state index in [9.17, 15) is 9.59 Å². The Bertz CT molecular complexity index is 1350. The summed E-state index contributed by atoms with van der Waals surface area (Å²) in [6.45, 7) is 10.2. The first-order valence-electron chi connectivity index (χ1n) is 13.0. The summed E-state index contributed by atoms with van der Waals surface area (Å²) in [5.41, 5.74) is 2.46. The molecule has 0 spiro atoms. The van der Waals surface area contributed by atoms with Gasteiger partial charge < -0.3 is 14.8 Å². The van der Waals surface area contributed by atoms with Crippen LogP contribution in [-0.4, -0.2) is 39.0 Å². The van der Waals surface area contributed by atoms with Gasteiger partial charge in [-0.15, -0.1) is 28.1 Å². The molecule has 1 aromatic carbocycles. The van der Waals surface area contributed by atoms with Gasteiger partial charge in [0.05, 0.1) is 17.9 Å². The molecule has 0 bridgehead atoms. The third kappa shape index (κ3) is 7.04. The SMILES string of the molecule is C=CCn1c(SCC(=O)Nc2sc3c(c2C(=O)OCC)CCCCC3)nnc1C(C)Oc1ccc(Cl)c(C)c1. The van der Waals surface area contributed by atoms with Crippen LogP contribution in [0.2, 0.25) is 5.02 Å². The highest BCUT2D eigenvalue weighted by Crippen LogP contribution is 2.38. The second kappa shape index (κ2) is 13.5. The van der Waals surface area contributed by atoms with Crippen molar-refractivity contribution in [2.75, 3.05) is 17.7 Å². The molecule has 0 saturated heterocycles. The first-order valence-corrected chi connectivity index (χ1v) is 15.2. The van der Waals surface area contributed by atoms with Crippen molar-refractivity contribution in [3.05, 3.63) is 63.3 Å². The smallest absolute Gasteiger partial charge is 0.341 e. The number of aromatic nitrogens is 3. The first-order chi connectivity index (χ1) is 18.8. The number of aryl methyl sites for hydroxylation is 2. The summed E-state index contributed by atoms with van der Waals surface area (Å²) in [5, 5.41) is 13.5. The molecule has 1 unspecified atom stereocenters. The summed E-state index contributed by atoms with van der Waals surface area (Å²) in [5.74, 6) is 0.804. The van der Waals surface area contributed by atoms with Crippen molar-refractivity contribution in [2.24, 2.45) is 0 Å². The highest BCUT2D eigenvalue weighted by Gasteiger charge is 2.27. The molecule has 3 aromatic rings. The molecule has 208 valence electrons. The summed E-state index contributed by atoms with van der Waals surface area (Å²) < 4.78 is 13.3. The van der Waals surface area contributed by atoms with E-state index in [1.807, 2.05) is 30.5 Å². The standard InChI is InChI=1S/C28H33ClN4O4S2/c1-5-14-33-25(18(4)37-19-12-13-21(29)17(3)15-19)31-32-28(33)38-16-23(34)30-26-24(27(35)36-6-2)20-10-8-7-9-11-22(20)39-26/h5,12-13,15,18H,1,6-11,14,16H2,2-4H3,(H,30,34). The second-order valence-corrected chi connectivity index (χ2v) is 11.7. The Morgan fingerprint density at radius 2 is 2.08 bits per heavy atom. The van der Waals surface area contributed by atoms with Crippen LogP contribution < -0.4 is 10.1 Å². The van der Waals surface area contributed by atoms with Gasteiger partial charge in [-0.2, -0.15) is 0 Å². The molecule has 0 aliphatic heterocycles. The predicted molar refractivity (Wildman–Crippen MR) is 156 cm³/mol. The molecule has 1 atom stereocenters. The number of hydrogen-bond acceptors (Lipinski definition) is 8. The van der Waals surface area contributed by atoms with E-state index in [1.165, 1.54) is 28.0 Å². The number of anilines is 1. The topological polar surface area (TPSA) is 95.3 Å². The van der Waals surface area contributed by atoms with Crippen molar-refractivity contribution in [1.82, 2.24) is 14.8 Å². The molecule has 0 radical (unpaired) electrons. The number of thioether (sulfide) groups is 1. The Hall–Kier alpha value is -2.82. The molecule has 4 rings (SSSR count). The van der Waals surface area contributed by atoms with Crippen molar-refractivity contribution in [3.8, 4) is 5.75 Å². The minimum atomic E-state index is -0.394. The van der Waals surface area contributed by atoms with E-state index >= 15 is 0 Å². The lowest BCUT2D eigenvalue weighted by Crippen LogP contribution is -2.17. The van der Waals surface area contributed by atoms with Crippen molar-refractivity contribution in [3.63, 3.8) is 0 Å². The molecule has 39 heavy (non-hydrogen) atoms. The fourth-order valence-electron chi connectivity index (χ4n) is 4.50. The van der Waals surface area contributed by atoms with Crippen LogP contribution in [0.25, 0.3) is 0 Å². The zero-order chi connectivity index (χ0) is 27.9. The number of carbonyl (C=O) groups is 2. The Kier molecular flexibility index (Phi) is 10.1. The van der Waals surface area contributed by atoms with Gasteiger partial charge in [-0.1, -0.05) is 35.9 Å². The molecule has 11 heteroatoms. The van der Waals surface area contributed by atoms with Crippen LogP contribution in [0.1, 0.15) is 71.4 Å². The number of carbonyl (C=O) groups excluding carboxylic acids is 2. The minimum Gasteiger partial charge on any atom is -0.483 e. The number of amides is 1. The Balaban J connectivity index is 1.46. The Morgan fingerprint density at radius 3 is 2.82 bits per heavy atom. The number of allylic oxidation sites excluding steroid dienone is 1. The monoisotopic (exact) mass is 588 g/mol. The van der Waals surface area contributed by atoms with Crippen molar-refractivity contribution in [1.29, 1.82) is 0 Å². The maximum atomic E-state index is 13.0. The molecule has 1 amide bonds. The number of nitrogens with one attached hydrogen (secondary N) is 1. The van der Waals surface area contributed by atoms with Crippen LogP contribution >= 0.6 is 34.7 Å². The molecule has 1 N–H and O–H groups in total. The van der Waals surface area contributed by atoms with Crippen LogP contribution in [0.4, 0.5) is 5.00 Å². The van der Waals surface area contributed by atoms with E-state index in [0.29, 0.717) is 38.9 Å². The third-order valence-electron chi connectivity index (χ3n) is 6.35. The zero-order valence-electron chi connectivity index (χ0n) is 22.4. The second-order valence-electron chi connectivity index (χ2n) is 9.24. The molecular formula is C28H33ClN4O4S2. The summed E-state index contributed by atoms with van der Waals surface area (Å²) in [6.07, 6.45) is 6.35. The van der Waals surface area contributed by atoms with Crippen LogP contribution in [0.3, 0.4) is 0 Å². The zero-order valence-corrected chi connectivity index (χ0v) is 24.8. The number of hydrogen-bond donors (Lipinski definition) is 1. The van der Waals surface area contributed by atoms with Gasteiger partial charge in [0.15, 0.2) is 17.1 Å². The summed E-state index contributed by atoms with van der Waals surface area (Å²) in [7, 11) is 0. The summed E-state index contributed by atoms with van der Waals surface area (Å²) in [4.78, 5) is 27.0. The van der Waals surface area contributed by atoms with E-state index in [2.05, 4.69) is 22.1 Å². The number of thiophene rings is 1. The van der Waals surface area contributed by atoms with Crippen LogP contribution in [0.5, 0.6) is 5.75 Å². The van der Waals surface area contributed by atoms with Gasteiger partial charge in [0.25, 0.3) is 0 Å². The fourth-order valence-corrected chi connectivity index (χ4v) is 6.66. The highest BCUT2D eigenvalue weighted by molar-refractivity contribution is 7.99. The van der Waals surface area contributed by atoms with E-state index in [4.69, 9.17) is 21.1 Å². The lowest BCUT2D eigenvalue weighted by molar-refractivity contribution is -0.113. The first kappa shape index (κ1) is 29.2. The summed E-state index contributed by atoms with van der Waals surface area (Å²) in [6, 6.07) is 5.49. The molecule has 2 aromatic heterocycles. The predicted octanol–water partition coefficient (Wildman–Crippen LogP) is 6.80. The highest BCUT2D eigenvalue weighted by atomic mass is 35.5. The number of ether oxygens (including phenoxy) is 2. The van der Waals surface area contributed by atoms with E-state index in [0.717, 1.165) is 43.2 Å². The van der Waals surface area contributed by atoms with Crippen molar-refractivity contribution >= 4 is 51.6 Å². The molecule has 2 heterocycles. The van der Waals surface area contributed by atoms with Gasteiger partial charge >= 0.3 is 5.97 Å². The Morgan fingerprint density at radius 1 is 1.28 bits per heavy atom. The van der Waals surface area contributed by atoms with E-state index < -0.39 is 6.10 Å². The average Bonchev–Trinajstić information content (AvgIpc) is 3.37. The third-order valence-corrected chi connectivity index (χ3v) is 8.95. The maximum Gasteiger partial charge on any atom is 0.341 e. The average molecular weight is 589 g/mol. The fraction of sp³-hybridized carbons (Fsp3) is 0.429. The lowest BCUT2D eigenvalue weighted by Gasteiger charge is -2.16. The number of fused-ring (bicyclic) bond motifs is 1. The van der Waals surface area contributed by atoms with Gasteiger partial charge in [0.1, 0.15) is 10.8 Å². The molecule has 8 nitrogen and oxygen atoms in total. The largest absolute Gasteiger partial charge is 0.483 e. The number of rotatable bonds is 11. The quantitative estimate of drug-likeness (QED) is 0.114. The molecule has 1 aliphatic carbocycles. The summed E-state index contributed by atoms with van der Waals surface area (Å²) >= 11 is 8.89. The van der Waals surface area contributed by atoms with Gasteiger partial charge in [0, 0.05) is 16.4 Å². The van der Waals surface area contributed by atoms with Crippen molar-refractivity contribution < 1.29 is 19.1 Å². The number of benzene rings is 1. The van der Waals surface area contributed by atoms with Crippen LogP contribution in [-0.2, 0) is 28.9 Å². The van der Waals surface area contributed by atoms with Crippen molar-refractivity contribution in [2.45, 2.75) is 70.7 Å². The van der Waals surface area contributed by atoms with Gasteiger partial charge in [-0.05, 0) is 75.8 Å². The van der Waals surface area contributed by atoms with Gasteiger partial charge in [-0.25, -0.2) is 4.79 Å². The van der Waals surface area contributed by atoms with E-state index in [-0.39, 0.29) is 24.2 Å².